The van der Waals surface area contributed by atoms with Gasteiger partial charge < -0.3 is 9.47 Å². The van der Waals surface area contributed by atoms with Crippen LogP contribution in [0.15, 0.2) is 30.5 Å². The van der Waals surface area contributed by atoms with Crippen LogP contribution in [0.4, 0.5) is 4.79 Å². The van der Waals surface area contributed by atoms with Gasteiger partial charge in [-0.25, -0.2) is 4.79 Å². The third-order valence-corrected chi connectivity index (χ3v) is 3.12. The summed E-state index contributed by atoms with van der Waals surface area (Å²) < 4.78 is 10.4. The van der Waals surface area contributed by atoms with Crippen molar-refractivity contribution >= 4 is 33.0 Å². The second-order valence-corrected chi connectivity index (χ2v) is 5.93. The predicted octanol–water partition coefficient (Wildman–Crippen LogP) is 4.44. The Labute approximate surface area is 126 Å². The van der Waals surface area contributed by atoms with Gasteiger partial charge in [-0.05, 0) is 38.5 Å². The van der Waals surface area contributed by atoms with Crippen molar-refractivity contribution in [1.82, 2.24) is 4.98 Å². The van der Waals surface area contributed by atoms with Gasteiger partial charge in [-0.3, -0.25) is 4.98 Å². The van der Waals surface area contributed by atoms with Crippen molar-refractivity contribution in [2.45, 2.75) is 31.7 Å². The molecule has 0 spiro atoms. The molecule has 1 aromatic carbocycles. The van der Waals surface area contributed by atoms with E-state index in [-0.39, 0.29) is 0 Å². The average Bonchev–Trinajstić information content (AvgIpc) is 2.36. The van der Waals surface area contributed by atoms with E-state index < -0.39 is 11.8 Å². The topological polar surface area (TPSA) is 48.4 Å². The number of rotatable bonds is 2. The highest BCUT2D eigenvalue weighted by molar-refractivity contribution is 9.08. The summed E-state index contributed by atoms with van der Waals surface area (Å²) in [6.07, 6.45) is 1.02. The van der Waals surface area contributed by atoms with Crippen molar-refractivity contribution in [3.63, 3.8) is 0 Å². The van der Waals surface area contributed by atoms with Crippen molar-refractivity contribution in [2.24, 2.45) is 0 Å². The largest absolute Gasteiger partial charge is 0.514 e. The van der Waals surface area contributed by atoms with Gasteiger partial charge in [0.25, 0.3) is 0 Å². The quantitative estimate of drug-likeness (QED) is 0.461. The first-order valence-electron chi connectivity index (χ1n) is 6.23. The van der Waals surface area contributed by atoms with Gasteiger partial charge in [0.05, 0.1) is 0 Å². The molecule has 2 aromatic rings. The number of carbonyl (C=O) groups is 1. The Morgan fingerprint density at radius 2 is 2.10 bits per heavy atom. The highest BCUT2D eigenvalue weighted by Gasteiger charge is 2.19. The van der Waals surface area contributed by atoms with E-state index >= 15 is 0 Å². The molecule has 106 valence electrons. The predicted molar refractivity (Wildman–Crippen MR) is 81.2 cm³/mol. The van der Waals surface area contributed by atoms with Crippen LogP contribution in [0.2, 0.25) is 0 Å². The van der Waals surface area contributed by atoms with Gasteiger partial charge in [0.15, 0.2) is 5.75 Å². The first-order chi connectivity index (χ1) is 9.39. The van der Waals surface area contributed by atoms with E-state index in [0.29, 0.717) is 11.3 Å². The molecule has 0 radical (unpaired) electrons. The molecule has 0 fully saturated rings. The lowest BCUT2D eigenvalue weighted by atomic mass is 10.1. The van der Waals surface area contributed by atoms with E-state index in [1.165, 1.54) is 0 Å². The number of para-hydroxylation sites is 1. The summed E-state index contributed by atoms with van der Waals surface area (Å²) in [6.45, 7) is 5.37. The maximum atomic E-state index is 11.7. The third-order valence-electron chi connectivity index (χ3n) is 2.47. The summed E-state index contributed by atoms with van der Waals surface area (Å²) >= 11 is 3.39. The number of pyridine rings is 1. The summed E-state index contributed by atoms with van der Waals surface area (Å²) in [5.41, 5.74) is 1.12. The standard InChI is InChI=1S/C15H16BrNO3/c1-15(2,3)20-14(18)19-12-6-4-5-11-7-10(8-16)9-17-13(11)12/h4-7,9H,8H2,1-3H3. The number of hydrogen-bond donors (Lipinski definition) is 0. The number of nitrogens with zero attached hydrogens (tertiary/aromatic N) is 1. The first-order valence-corrected chi connectivity index (χ1v) is 7.35. The van der Waals surface area contributed by atoms with E-state index in [1.807, 2.05) is 18.2 Å². The van der Waals surface area contributed by atoms with Gasteiger partial charge in [-0.2, -0.15) is 0 Å². The Balaban J connectivity index is 2.28. The van der Waals surface area contributed by atoms with E-state index in [2.05, 4.69) is 20.9 Å². The molecule has 1 aromatic heterocycles. The molecule has 2 rings (SSSR count). The van der Waals surface area contributed by atoms with Gasteiger partial charge in [-0.15, -0.1) is 0 Å². The van der Waals surface area contributed by atoms with E-state index in [0.717, 1.165) is 16.3 Å². The van der Waals surface area contributed by atoms with E-state index in [4.69, 9.17) is 9.47 Å². The number of benzene rings is 1. The van der Waals surface area contributed by atoms with Crippen LogP contribution in [0, 0.1) is 0 Å². The van der Waals surface area contributed by atoms with Crippen LogP contribution in [-0.2, 0) is 10.1 Å². The van der Waals surface area contributed by atoms with Crippen molar-refractivity contribution in [3.8, 4) is 5.75 Å². The average molecular weight is 338 g/mol. The van der Waals surface area contributed by atoms with Gasteiger partial charge in [-0.1, -0.05) is 28.1 Å². The lowest BCUT2D eigenvalue weighted by Crippen LogP contribution is -2.26. The summed E-state index contributed by atoms with van der Waals surface area (Å²) in [4.78, 5) is 16.1. The zero-order valence-corrected chi connectivity index (χ0v) is 13.2. The lowest BCUT2D eigenvalue weighted by molar-refractivity contribution is 0.0209. The number of aromatic nitrogens is 1. The molecule has 0 aliphatic carbocycles. The Bertz CT molecular complexity index is 635. The lowest BCUT2D eigenvalue weighted by Gasteiger charge is -2.18. The number of carbonyl (C=O) groups excluding carboxylic acids is 1. The summed E-state index contributed by atoms with van der Waals surface area (Å²) in [7, 11) is 0. The normalized spacial score (nSPS) is 11.4. The van der Waals surface area contributed by atoms with Gasteiger partial charge in [0.2, 0.25) is 0 Å². The van der Waals surface area contributed by atoms with Crippen LogP contribution in [0.5, 0.6) is 5.75 Å². The highest BCUT2D eigenvalue weighted by atomic mass is 79.9. The van der Waals surface area contributed by atoms with Crippen molar-refractivity contribution < 1.29 is 14.3 Å². The summed E-state index contributed by atoms with van der Waals surface area (Å²) in [5, 5.41) is 1.65. The number of fused-ring (bicyclic) bond motifs is 1. The number of halogens is 1. The third kappa shape index (κ3) is 3.70. The molecule has 0 saturated carbocycles. The van der Waals surface area contributed by atoms with Crippen molar-refractivity contribution in [3.05, 3.63) is 36.0 Å². The molecule has 0 aliphatic rings. The monoisotopic (exact) mass is 337 g/mol. The van der Waals surface area contributed by atoms with Crippen LogP contribution < -0.4 is 4.74 Å². The van der Waals surface area contributed by atoms with Crippen molar-refractivity contribution in [2.75, 3.05) is 0 Å². The van der Waals surface area contributed by atoms with Crippen LogP contribution in [0.1, 0.15) is 26.3 Å². The number of alkyl halides is 1. The molecule has 4 nitrogen and oxygen atoms in total. The van der Waals surface area contributed by atoms with E-state index in [1.54, 1.807) is 33.0 Å². The molecule has 0 bridgehead atoms. The van der Waals surface area contributed by atoms with E-state index in [9.17, 15) is 4.79 Å². The van der Waals surface area contributed by atoms with Crippen LogP contribution in [0.25, 0.3) is 10.9 Å². The Kier molecular flexibility index (Phi) is 4.28. The highest BCUT2D eigenvalue weighted by Crippen LogP contribution is 2.25. The molecule has 5 heteroatoms. The number of hydrogen-bond acceptors (Lipinski definition) is 4. The molecule has 0 aliphatic heterocycles. The van der Waals surface area contributed by atoms with Gasteiger partial charge in [0, 0.05) is 16.9 Å². The SMILES string of the molecule is CC(C)(C)OC(=O)Oc1cccc2cc(CBr)cnc12. The van der Waals surface area contributed by atoms with Crippen LogP contribution >= 0.6 is 15.9 Å². The first kappa shape index (κ1) is 14.8. The Hall–Kier alpha value is -1.62. The molecule has 0 atom stereocenters. The van der Waals surface area contributed by atoms with Gasteiger partial charge >= 0.3 is 6.16 Å². The summed E-state index contributed by atoms with van der Waals surface area (Å²) in [5.74, 6) is 0.401. The minimum absolute atomic E-state index is 0.401. The zero-order valence-electron chi connectivity index (χ0n) is 11.6. The second kappa shape index (κ2) is 5.79. The fourth-order valence-corrected chi connectivity index (χ4v) is 2.00. The molecule has 1 heterocycles. The Morgan fingerprint density at radius 3 is 2.75 bits per heavy atom. The molecule has 0 unspecified atom stereocenters. The molecular formula is C15H16BrNO3. The fraction of sp³-hybridized carbons (Fsp3) is 0.333. The maximum absolute atomic E-state index is 11.7. The second-order valence-electron chi connectivity index (χ2n) is 5.37. The molecule has 0 N–H and O–H groups in total. The maximum Gasteiger partial charge on any atom is 0.514 e. The van der Waals surface area contributed by atoms with Gasteiger partial charge in [0.1, 0.15) is 11.1 Å². The van der Waals surface area contributed by atoms with Crippen LogP contribution in [-0.4, -0.2) is 16.7 Å². The minimum atomic E-state index is -0.726. The summed E-state index contributed by atoms with van der Waals surface area (Å²) in [6, 6.07) is 7.45. The molecular weight excluding hydrogens is 322 g/mol. The zero-order chi connectivity index (χ0) is 14.8. The molecule has 0 amide bonds. The fourth-order valence-electron chi connectivity index (χ4n) is 1.69. The number of ether oxygens (including phenoxy) is 2. The van der Waals surface area contributed by atoms with Crippen LogP contribution in [0.3, 0.4) is 0 Å². The Morgan fingerprint density at radius 1 is 1.35 bits per heavy atom. The van der Waals surface area contributed by atoms with Crippen molar-refractivity contribution in [1.29, 1.82) is 0 Å². The molecule has 20 heavy (non-hydrogen) atoms. The minimum Gasteiger partial charge on any atom is -0.428 e. The molecule has 0 saturated heterocycles. The smallest absolute Gasteiger partial charge is 0.428 e.